The van der Waals surface area contributed by atoms with Crippen LogP contribution in [0.1, 0.15) is 5.56 Å². The molecule has 0 atom stereocenters. The Balaban J connectivity index is 3.19. The molecule has 2 nitrogen and oxygen atoms in total. The molecular weight excluding hydrogens is 204 g/mol. The minimum absolute atomic E-state index is 0.655. The highest BCUT2D eigenvalue weighted by Gasteiger charge is 1.98. The Morgan fingerprint density at radius 3 is 2.82 bits per heavy atom. The molecule has 11 heavy (non-hydrogen) atoms. The highest BCUT2D eigenvalue weighted by molar-refractivity contribution is 9.10. The summed E-state index contributed by atoms with van der Waals surface area (Å²) in [6, 6.07) is 7.64. The summed E-state index contributed by atoms with van der Waals surface area (Å²) in [6.07, 6.45) is 0. The number of nitrogens with one attached hydrogen (secondary N) is 1. The SMILES string of the molecule is CNc1ccc(Br)cc1C#N. The molecule has 0 aliphatic rings. The van der Waals surface area contributed by atoms with E-state index in [0.29, 0.717) is 5.56 Å². The van der Waals surface area contributed by atoms with E-state index >= 15 is 0 Å². The van der Waals surface area contributed by atoms with Crippen molar-refractivity contribution in [2.75, 3.05) is 12.4 Å². The van der Waals surface area contributed by atoms with Gasteiger partial charge < -0.3 is 5.32 Å². The average Bonchev–Trinajstić information content (AvgIpc) is 2.04. The molecule has 1 aromatic rings. The molecule has 0 unspecified atom stereocenters. The molecule has 0 aromatic heterocycles. The Hall–Kier alpha value is -1.01. The second kappa shape index (κ2) is 3.40. The molecule has 1 rings (SSSR count). The van der Waals surface area contributed by atoms with Gasteiger partial charge in [-0.1, -0.05) is 15.9 Å². The zero-order valence-electron chi connectivity index (χ0n) is 6.06. The molecule has 0 aliphatic carbocycles. The predicted molar refractivity (Wildman–Crippen MR) is 48.4 cm³/mol. The monoisotopic (exact) mass is 210 g/mol. The van der Waals surface area contributed by atoms with Crippen molar-refractivity contribution in [3.05, 3.63) is 28.2 Å². The molecule has 3 heteroatoms. The molecule has 0 bridgehead atoms. The number of nitriles is 1. The molecule has 0 amide bonds. The second-order valence-electron chi connectivity index (χ2n) is 2.05. The Bertz CT molecular complexity index is 301. The molecule has 0 radical (unpaired) electrons. The number of nitrogens with zero attached hydrogens (tertiary/aromatic N) is 1. The van der Waals surface area contributed by atoms with E-state index in [4.69, 9.17) is 5.26 Å². The number of halogens is 1. The Morgan fingerprint density at radius 1 is 1.55 bits per heavy atom. The fraction of sp³-hybridized carbons (Fsp3) is 0.125. The molecule has 0 spiro atoms. The average molecular weight is 211 g/mol. The van der Waals surface area contributed by atoms with Crippen molar-refractivity contribution in [2.24, 2.45) is 0 Å². The molecule has 0 heterocycles. The lowest BCUT2D eigenvalue weighted by Gasteiger charge is -2.01. The van der Waals surface area contributed by atoms with Gasteiger partial charge in [-0.2, -0.15) is 5.26 Å². The van der Waals surface area contributed by atoms with E-state index in [-0.39, 0.29) is 0 Å². The van der Waals surface area contributed by atoms with Gasteiger partial charge in [-0.25, -0.2) is 0 Å². The number of anilines is 1. The van der Waals surface area contributed by atoms with Crippen molar-refractivity contribution in [1.29, 1.82) is 5.26 Å². The van der Waals surface area contributed by atoms with Crippen LogP contribution >= 0.6 is 15.9 Å². The first-order chi connectivity index (χ1) is 5.27. The Morgan fingerprint density at radius 2 is 2.27 bits per heavy atom. The zero-order valence-corrected chi connectivity index (χ0v) is 7.64. The van der Waals surface area contributed by atoms with Crippen LogP contribution in [0.3, 0.4) is 0 Å². The molecule has 56 valence electrons. The van der Waals surface area contributed by atoms with Gasteiger partial charge in [0.05, 0.1) is 11.3 Å². The third kappa shape index (κ3) is 1.72. The summed E-state index contributed by atoms with van der Waals surface area (Å²) in [5.74, 6) is 0. The first-order valence-corrected chi connectivity index (χ1v) is 3.94. The molecule has 0 aliphatic heterocycles. The van der Waals surface area contributed by atoms with Crippen LogP contribution in [0, 0.1) is 11.3 Å². The van der Waals surface area contributed by atoms with E-state index in [2.05, 4.69) is 27.3 Å². The van der Waals surface area contributed by atoms with E-state index in [9.17, 15) is 0 Å². The maximum Gasteiger partial charge on any atom is 0.101 e. The second-order valence-corrected chi connectivity index (χ2v) is 2.97. The van der Waals surface area contributed by atoms with Crippen LogP contribution in [-0.2, 0) is 0 Å². The molecular formula is C8H7BrN2. The fourth-order valence-electron chi connectivity index (χ4n) is 0.827. The smallest absolute Gasteiger partial charge is 0.101 e. The maximum atomic E-state index is 8.66. The van der Waals surface area contributed by atoms with Gasteiger partial charge >= 0.3 is 0 Å². The van der Waals surface area contributed by atoms with Crippen molar-refractivity contribution >= 4 is 21.6 Å². The zero-order chi connectivity index (χ0) is 8.27. The summed E-state index contributed by atoms with van der Waals surface area (Å²) in [5.41, 5.74) is 1.51. The van der Waals surface area contributed by atoms with Crippen LogP contribution in [0.15, 0.2) is 22.7 Å². The quantitative estimate of drug-likeness (QED) is 0.773. The maximum absolute atomic E-state index is 8.66. The van der Waals surface area contributed by atoms with Crippen molar-refractivity contribution in [1.82, 2.24) is 0 Å². The Kier molecular flexibility index (Phi) is 2.50. The van der Waals surface area contributed by atoms with Crippen LogP contribution in [0.25, 0.3) is 0 Å². The van der Waals surface area contributed by atoms with Crippen molar-refractivity contribution < 1.29 is 0 Å². The molecule has 0 saturated heterocycles. The van der Waals surface area contributed by atoms with Gasteiger partial charge in [0.1, 0.15) is 6.07 Å². The Labute approximate surface area is 74.0 Å². The summed E-state index contributed by atoms with van der Waals surface area (Å²) in [4.78, 5) is 0. The van der Waals surface area contributed by atoms with Gasteiger partial charge in [-0.3, -0.25) is 0 Å². The van der Waals surface area contributed by atoms with Crippen molar-refractivity contribution in [3.8, 4) is 6.07 Å². The minimum atomic E-state index is 0.655. The number of rotatable bonds is 1. The molecule has 1 aromatic carbocycles. The normalized spacial score (nSPS) is 8.82. The van der Waals surface area contributed by atoms with E-state index in [1.165, 1.54) is 0 Å². The van der Waals surface area contributed by atoms with Crippen LogP contribution in [0.4, 0.5) is 5.69 Å². The van der Waals surface area contributed by atoms with E-state index in [0.717, 1.165) is 10.2 Å². The number of hydrogen-bond acceptors (Lipinski definition) is 2. The van der Waals surface area contributed by atoms with Crippen molar-refractivity contribution in [2.45, 2.75) is 0 Å². The third-order valence-electron chi connectivity index (χ3n) is 1.37. The van der Waals surface area contributed by atoms with Crippen LogP contribution in [0.5, 0.6) is 0 Å². The van der Waals surface area contributed by atoms with E-state index in [1.807, 2.05) is 12.1 Å². The van der Waals surface area contributed by atoms with Crippen LogP contribution in [-0.4, -0.2) is 7.05 Å². The van der Waals surface area contributed by atoms with Gasteiger partial charge in [0.15, 0.2) is 0 Å². The first kappa shape index (κ1) is 8.09. The van der Waals surface area contributed by atoms with Crippen LogP contribution < -0.4 is 5.32 Å². The third-order valence-corrected chi connectivity index (χ3v) is 1.86. The van der Waals surface area contributed by atoms with E-state index < -0.39 is 0 Å². The van der Waals surface area contributed by atoms with Crippen molar-refractivity contribution in [3.63, 3.8) is 0 Å². The predicted octanol–water partition coefficient (Wildman–Crippen LogP) is 2.36. The van der Waals surface area contributed by atoms with Gasteiger partial charge in [-0.15, -0.1) is 0 Å². The van der Waals surface area contributed by atoms with E-state index in [1.54, 1.807) is 13.1 Å². The minimum Gasteiger partial charge on any atom is -0.387 e. The summed E-state index contributed by atoms with van der Waals surface area (Å²) in [6.45, 7) is 0. The standard InChI is InChI=1S/C8H7BrN2/c1-11-8-3-2-7(9)4-6(8)5-10/h2-4,11H,1H3. The summed E-state index contributed by atoms with van der Waals surface area (Å²) >= 11 is 3.29. The molecule has 1 N–H and O–H groups in total. The largest absolute Gasteiger partial charge is 0.387 e. The molecule has 0 fully saturated rings. The first-order valence-electron chi connectivity index (χ1n) is 3.15. The lowest BCUT2D eigenvalue weighted by Crippen LogP contribution is -1.91. The molecule has 0 saturated carbocycles. The van der Waals surface area contributed by atoms with Gasteiger partial charge in [-0.05, 0) is 18.2 Å². The lowest BCUT2D eigenvalue weighted by atomic mass is 10.2. The lowest BCUT2D eigenvalue weighted by molar-refractivity contribution is 1.43. The van der Waals surface area contributed by atoms with Gasteiger partial charge in [0.2, 0.25) is 0 Å². The number of hydrogen-bond donors (Lipinski definition) is 1. The summed E-state index contributed by atoms with van der Waals surface area (Å²) in [7, 11) is 1.80. The van der Waals surface area contributed by atoms with Crippen LogP contribution in [0.2, 0.25) is 0 Å². The topological polar surface area (TPSA) is 35.8 Å². The number of benzene rings is 1. The summed E-state index contributed by atoms with van der Waals surface area (Å²) in [5, 5.41) is 11.6. The van der Waals surface area contributed by atoms with Gasteiger partial charge in [0.25, 0.3) is 0 Å². The highest BCUT2D eigenvalue weighted by atomic mass is 79.9. The summed E-state index contributed by atoms with van der Waals surface area (Å²) < 4.78 is 0.924. The fourth-order valence-corrected chi connectivity index (χ4v) is 1.19. The highest BCUT2D eigenvalue weighted by Crippen LogP contribution is 2.19. The van der Waals surface area contributed by atoms with Gasteiger partial charge in [0, 0.05) is 11.5 Å².